The second kappa shape index (κ2) is 9.54. The maximum absolute atomic E-state index is 13.4. The molecule has 3 heterocycles. The van der Waals surface area contributed by atoms with E-state index in [0.717, 1.165) is 25.9 Å². The largest absolute Gasteiger partial charge is 0.354 e. The van der Waals surface area contributed by atoms with Gasteiger partial charge in [-0.3, -0.25) is 14.4 Å². The van der Waals surface area contributed by atoms with Crippen molar-refractivity contribution in [1.82, 2.24) is 14.7 Å². The molecule has 3 unspecified atom stereocenters. The van der Waals surface area contributed by atoms with Gasteiger partial charge in [0, 0.05) is 25.6 Å². The number of nitrogens with zero attached hydrogens (tertiary/aromatic N) is 3. The lowest BCUT2D eigenvalue weighted by molar-refractivity contribution is -0.160. The van der Waals surface area contributed by atoms with Crippen LogP contribution in [0, 0.1) is 11.2 Å². The van der Waals surface area contributed by atoms with Crippen LogP contribution in [0.5, 0.6) is 0 Å². The Morgan fingerprint density at radius 3 is 2.66 bits per heavy atom. The van der Waals surface area contributed by atoms with Gasteiger partial charge in [0.15, 0.2) is 6.23 Å². The number of benzene rings is 1. The third kappa shape index (κ3) is 4.96. The predicted molar refractivity (Wildman–Crippen MR) is 129 cm³/mol. The molecule has 4 aliphatic rings. The number of piperidine rings is 1. The van der Waals surface area contributed by atoms with Crippen LogP contribution in [0.1, 0.15) is 51.0 Å². The molecule has 1 aromatic carbocycles. The van der Waals surface area contributed by atoms with Crippen molar-refractivity contribution in [1.29, 1.82) is 0 Å². The van der Waals surface area contributed by atoms with Gasteiger partial charge in [0.05, 0.1) is 24.2 Å². The number of piperazine rings is 1. The van der Waals surface area contributed by atoms with Crippen LogP contribution in [-0.4, -0.2) is 77.0 Å². The summed E-state index contributed by atoms with van der Waals surface area (Å²) in [5.41, 5.74) is 1.12. The highest BCUT2D eigenvalue weighted by atomic mass is 35.5. The Balaban J connectivity index is 1.16. The lowest BCUT2D eigenvalue weighted by Crippen LogP contribution is -2.61. The highest BCUT2D eigenvalue weighted by molar-refractivity contribution is 6.30. The molecule has 0 N–H and O–H groups in total. The smallest absolute Gasteiger partial charge is 0.247 e. The molecule has 1 spiro atoms. The van der Waals surface area contributed by atoms with Crippen LogP contribution in [0.2, 0.25) is 5.02 Å². The summed E-state index contributed by atoms with van der Waals surface area (Å²) in [7, 11) is 0. The van der Waals surface area contributed by atoms with E-state index in [0.29, 0.717) is 30.4 Å². The van der Waals surface area contributed by atoms with Crippen molar-refractivity contribution < 1.29 is 23.5 Å². The molecule has 3 amide bonds. The fourth-order valence-corrected chi connectivity index (χ4v) is 5.68. The molecule has 3 atom stereocenters. The summed E-state index contributed by atoms with van der Waals surface area (Å²) >= 11 is 5.80. The van der Waals surface area contributed by atoms with Gasteiger partial charge in [0.25, 0.3) is 0 Å². The quantitative estimate of drug-likeness (QED) is 0.577. The minimum absolute atomic E-state index is 0.0206. The average Bonchev–Trinajstić information content (AvgIpc) is 3.47. The molecule has 3 saturated heterocycles. The minimum Gasteiger partial charge on any atom is -0.354 e. The van der Waals surface area contributed by atoms with Gasteiger partial charge in [0.1, 0.15) is 11.9 Å². The highest BCUT2D eigenvalue weighted by Crippen LogP contribution is 2.53. The number of ether oxygens (including phenoxy) is 1. The molecule has 9 heteroatoms. The molecule has 1 aliphatic carbocycles. The molecule has 188 valence electrons. The number of hydrogen-bond donors (Lipinski definition) is 0. The number of likely N-dealkylation sites (tertiary alicyclic amines) is 1. The first-order valence-electron chi connectivity index (χ1n) is 12.4. The lowest BCUT2D eigenvalue weighted by atomic mass is 9.93. The van der Waals surface area contributed by atoms with E-state index in [-0.39, 0.29) is 35.3 Å². The van der Waals surface area contributed by atoms with Crippen molar-refractivity contribution in [2.45, 2.75) is 63.8 Å². The zero-order valence-electron chi connectivity index (χ0n) is 19.9. The fourth-order valence-electron chi connectivity index (χ4n) is 5.49. The maximum Gasteiger partial charge on any atom is 0.247 e. The van der Waals surface area contributed by atoms with Gasteiger partial charge in [-0.1, -0.05) is 17.7 Å². The van der Waals surface area contributed by atoms with Gasteiger partial charge in [-0.15, -0.1) is 0 Å². The third-order valence-corrected chi connectivity index (χ3v) is 8.38. The topological polar surface area (TPSA) is 70.2 Å². The van der Waals surface area contributed by atoms with Gasteiger partial charge in [0.2, 0.25) is 17.7 Å². The van der Waals surface area contributed by atoms with Gasteiger partial charge in [-0.2, -0.15) is 0 Å². The number of halogens is 2. The Kier molecular flexibility index (Phi) is 6.61. The number of hydrogen-bond acceptors (Lipinski definition) is 4. The standard InChI is InChI=1S/C26H31ClFN3O4/c1-17-25(34)31-19(4-7-22(32)29-12-10-26(8-9-26)11-13-29)16-35-24(31)15-30(17)23(33)6-3-18-2-5-21(28)20(27)14-18/h2-3,5-6,14,17,19,24H,4,7-13,15-16H2,1H3/b6-3+. The first-order chi connectivity index (χ1) is 16.8. The van der Waals surface area contributed by atoms with Crippen molar-refractivity contribution in [2.75, 3.05) is 26.2 Å². The zero-order valence-corrected chi connectivity index (χ0v) is 20.7. The van der Waals surface area contributed by atoms with Crippen molar-refractivity contribution in [3.63, 3.8) is 0 Å². The van der Waals surface area contributed by atoms with Crippen molar-refractivity contribution in [2.24, 2.45) is 5.41 Å². The van der Waals surface area contributed by atoms with Crippen LogP contribution in [-0.2, 0) is 19.1 Å². The molecule has 0 bridgehead atoms. The van der Waals surface area contributed by atoms with E-state index in [9.17, 15) is 18.8 Å². The van der Waals surface area contributed by atoms with Gasteiger partial charge in [-0.25, -0.2) is 4.39 Å². The molecule has 7 nitrogen and oxygen atoms in total. The first-order valence-corrected chi connectivity index (χ1v) is 12.8. The van der Waals surface area contributed by atoms with E-state index in [4.69, 9.17) is 16.3 Å². The van der Waals surface area contributed by atoms with Crippen LogP contribution in [0.15, 0.2) is 24.3 Å². The summed E-state index contributed by atoms with van der Waals surface area (Å²) in [5.74, 6) is -0.866. The Bertz CT molecular complexity index is 1050. The molecule has 4 fully saturated rings. The average molecular weight is 504 g/mol. The van der Waals surface area contributed by atoms with E-state index in [1.807, 2.05) is 4.90 Å². The molecule has 1 aromatic rings. The van der Waals surface area contributed by atoms with Crippen LogP contribution in [0.4, 0.5) is 4.39 Å². The SMILES string of the molecule is CC1C(=O)N2C(CCC(=O)N3CCC4(CC3)CC4)COC2CN1C(=O)/C=C/c1ccc(F)c(Cl)c1. The Morgan fingerprint density at radius 2 is 1.97 bits per heavy atom. The predicted octanol–water partition coefficient (Wildman–Crippen LogP) is 3.46. The van der Waals surface area contributed by atoms with Crippen molar-refractivity contribution in [3.05, 3.63) is 40.7 Å². The Hall–Kier alpha value is -2.45. The maximum atomic E-state index is 13.4. The Morgan fingerprint density at radius 1 is 1.23 bits per heavy atom. The number of amides is 3. The van der Waals surface area contributed by atoms with Crippen molar-refractivity contribution in [3.8, 4) is 0 Å². The molecular formula is C26H31ClFN3O4. The number of carbonyl (C=O) groups excluding carboxylic acids is 3. The van der Waals surface area contributed by atoms with E-state index in [1.165, 1.54) is 42.0 Å². The summed E-state index contributed by atoms with van der Waals surface area (Å²) in [6, 6.07) is 3.40. The second-order valence-electron chi connectivity index (χ2n) is 10.3. The lowest BCUT2D eigenvalue weighted by Gasteiger charge is -2.42. The van der Waals surface area contributed by atoms with Crippen LogP contribution in [0.3, 0.4) is 0 Å². The monoisotopic (exact) mass is 503 g/mol. The molecule has 1 saturated carbocycles. The number of rotatable bonds is 5. The molecule has 0 radical (unpaired) electrons. The summed E-state index contributed by atoms with van der Waals surface area (Å²) in [5, 5.41) is -0.0206. The van der Waals surface area contributed by atoms with E-state index in [2.05, 4.69) is 0 Å². The van der Waals surface area contributed by atoms with E-state index in [1.54, 1.807) is 17.9 Å². The highest BCUT2D eigenvalue weighted by Gasteiger charge is 2.48. The fraction of sp³-hybridized carbons (Fsp3) is 0.577. The first kappa shape index (κ1) is 24.3. The van der Waals surface area contributed by atoms with Crippen LogP contribution >= 0.6 is 11.6 Å². The summed E-state index contributed by atoms with van der Waals surface area (Å²) in [6.07, 6.45) is 8.20. The molecule has 3 aliphatic heterocycles. The number of fused-ring (bicyclic) bond motifs is 1. The summed E-state index contributed by atoms with van der Waals surface area (Å²) < 4.78 is 19.2. The summed E-state index contributed by atoms with van der Waals surface area (Å²) in [6.45, 7) is 4.03. The molecule has 35 heavy (non-hydrogen) atoms. The van der Waals surface area contributed by atoms with Gasteiger partial charge >= 0.3 is 0 Å². The normalized spacial score (nSPS) is 27.6. The van der Waals surface area contributed by atoms with E-state index < -0.39 is 18.1 Å². The van der Waals surface area contributed by atoms with Gasteiger partial charge < -0.3 is 19.4 Å². The van der Waals surface area contributed by atoms with Gasteiger partial charge in [-0.05, 0) is 68.2 Å². The number of carbonyl (C=O) groups is 3. The molecule has 5 rings (SSSR count). The zero-order chi connectivity index (χ0) is 24.7. The second-order valence-corrected chi connectivity index (χ2v) is 10.7. The third-order valence-electron chi connectivity index (χ3n) is 8.09. The Labute approximate surface area is 209 Å². The summed E-state index contributed by atoms with van der Waals surface area (Å²) in [4.78, 5) is 44.0. The van der Waals surface area contributed by atoms with E-state index >= 15 is 0 Å². The van der Waals surface area contributed by atoms with Crippen LogP contribution in [0.25, 0.3) is 6.08 Å². The van der Waals surface area contributed by atoms with Crippen molar-refractivity contribution >= 4 is 35.4 Å². The van der Waals surface area contributed by atoms with Crippen LogP contribution < -0.4 is 0 Å². The molecule has 0 aromatic heterocycles. The molecular weight excluding hydrogens is 473 g/mol. The minimum atomic E-state index is -0.642.